The summed E-state index contributed by atoms with van der Waals surface area (Å²) in [4.78, 5) is 19.7. The van der Waals surface area contributed by atoms with Crippen LogP contribution in [0, 0.1) is 5.41 Å². The first kappa shape index (κ1) is 22.7. The van der Waals surface area contributed by atoms with Gasteiger partial charge in [-0.3, -0.25) is 4.79 Å². The summed E-state index contributed by atoms with van der Waals surface area (Å²) in [6.07, 6.45) is 6.98. The highest BCUT2D eigenvalue weighted by Crippen LogP contribution is 2.47. The number of furan rings is 1. The summed E-state index contributed by atoms with van der Waals surface area (Å²) in [6, 6.07) is 11.3. The zero-order valence-corrected chi connectivity index (χ0v) is 19.9. The molecule has 2 aliphatic rings. The third-order valence-electron chi connectivity index (χ3n) is 6.09. The van der Waals surface area contributed by atoms with Gasteiger partial charge < -0.3 is 20.0 Å². The monoisotopic (exact) mass is 522 g/mol. The highest BCUT2D eigenvalue weighted by Gasteiger charge is 2.43. The maximum absolute atomic E-state index is 12.4. The van der Waals surface area contributed by atoms with Gasteiger partial charge in [0.15, 0.2) is 5.96 Å². The number of nitrogens with zero attached hydrogens (tertiary/aromatic N) is 2. The lowest BCUT2D eigenvalue weighted by molar-refractivity contribution is 0.0948. The molecule has 4 rings (SSSR count). The molecule has 2 N–H and O–H groups in total. The van der Waals surface area contributed by atoms with E-state index in [1.807, 2.05) is 36.4 Å². The molecule has 1 aliphatic carbocycles. The number of nitrogens with one attached hydrogen (secondary N) is 2. The molecule has 1 spiro atoms. The fraction of sp³-hybridized carbons (Fsp3) is 0.478. The van der Waals surface area contributed by atoms with Crippen molar-refractivity contribution in [3.63, 3.8) is 0 Å². The van der Waals surface area contributed by atoms with Gasteiger partial charge in [0, 0.05) is 25.2 Å². The second kappa shape index (κ2) is 10.3. The molecule has 0 bridgehead atoms. The zero-order chi connectivity index (χ0) is 20.1. The van der Waals surface area contributed by atoms with E-state index >= 15 is 0 Å². The molecule has 1 amide bonds. The average molecular weight is 522 g/mol. The second-order valence-electron chi connectivity index (χ2n) is 8.16. The third-order valence-corrected chi connectivity index (χ3v) is 6.09. The highest BCUT2D eigenvalue weighted by atomic mass is 127. The molecular weight excluding hydrogens is 491 g/mol. The Morgan fingerprint density at radius 3 is 2.73 bits per heavy atom. The first-order valence-electron chi connectivity index (χ1n) is 10.6. The first-order valence-corrected chi connectivity index (χ1v) is 10.6. The Kier molecular flexibility index (Phi) is 7.80. The van der Waals surface area contributed by atoms with Crippen LogP contribution in [0.15, 0.2) is 52.1 Å². The van der Waals surface area contributed by atoms with Crippen LogP contribution in [0.2, 0.25) is 0 Å². The summed E-state index contributed by atoms with van der Waals surface area (Å²) in [5.41, 5.74) is 2.22. The molecule has 0 radical (unpaired) electrons. The van der Waals surface area contributed by atoms with Gasteiger partial charge in [0.1, 0.15) is 5.76 Å². The molecule has 162 valence electrons. The maximum Gasteiger partial charge on any atom is 0.251 e. The van der Waals surface area contributed by atoms with E-state index in [1.165, 1.54) is 25.7 Å². The Morgan fingerprint density at radius 2 is 2.07 bits per heavy atom. The van der Waals surface area contributed by atoms with Crippen LogP contribution in [0.25, 0.3) is 0 Å². The van der Waals surface area contributed by atoms with E-state index in [2.05, 4.69) is 22.5 Å². The van der Waals surface area contributed by atoms with Crippen molar-refractivity contribution in [2.45, 2.75) is 45.7 Å². The number of hydrogen-bond donors (Lipinski definition) is 2. The number of hydrogen-bond acceptors (Lipinski definition) is 3. The van der Waals surface area contributed by atoms with Gasteiger partial charge in [-0.1, -0.05) is 18.6 Å². The van der Waals surface area contributed by atoms with Gasteiger partial charge in [0.25, 0.3) is 5.91 Å². The smallest absolute Gasteiger partial charge is 0.251 e. The Labute approximate surface area is 195 Å². The fourth-order valence-electron chi connectivity index (χ4n) is 4.29. The van der Waals surface area contributed by atoms with Crippen LogP contribution in [0.5, 0.6) is 0 Å². The van der Waals surface area contributed by atoms with Crippen LogP contribution < -0.4 is 10.6 Å². The van der Waals surface area contributed by atoms with Gasteiger partial charge in [-0.2, -0.15) is 0 Å². The van der Waals surface area contributed by atoms with Gasteiger partial charge in [-0.15, -0.1) is 24.0 Å². The standard InChI is InChI=1S/C23H30N4O2.HI/c1-2-24-22(27-12-11-23(17-27)9-5-10-23)26-15-18-6-3-7-19(14-18)21(28)25-16-20-8-4-13-29-20;/h3-4,6-8,13-14H,2,5,9-12,15-17H2,1H3,(H,24,26)(H,25,28);1H. The molecular formula is C23H31IN4O2. The van der Waals surface area contributed by atoms with E-state index < -0.39 is 0 Å². The number of halogens is 1. The number of amides is 1. The highest BCUT2D eigenvalue weighted by molar-refractivity contribution is 14.0. The molecule has 7 heteroatoms. The Hall–Kier alpha value is -2.03. The summed E-state index contributed by atoms with van der Waals surface area (Å²) in [6.45, 7) is 6.11. The number of aliphatic imine (C=N–C) groups is 1. The molecule has 2 heterocycles. The number of carbonyl (C=O) groups excluding carboxylic acids is 1. The third kappa shape index (κ3) is 5.36. The van der Waals surface area contributed by atoms with E-state index in [-0.39, 0.29) is 29.9 Å². The minimum absolute atomic E-state index is 0. The lowest BCUT2D eigenvalue weighted by Crippen LogP contribution is -2.42. The molecule has 2 fully saturated rings. The van der Waals surface area contributed by atoms with Crippen LogP contribution in [-0.4, -0.2) is 36.4 Å². The summed E-state index contributed by atoms with van der Waals surface area (Å²) < 4.78 is 5.26. The number of likely N-dealkylation sites (tertiary alicyclic amines) is 1. The van der Waals surface area contributed by atoms with Gasteiger partial charge in [0.05, 0.1) is 19.4 Å². The maximum atomic E-state index is 12.4. The van der Waals surface area contributed by atoms with Crippen molar-refractivity contribution in [1.82, 2.24) is 15.5 Å². The van der Waals surface area contributed by atoms with Crippen molar-refractivity contribution in [2.75, 3.05) is 19.6 Å². The summed E-state index contributed by atoms with van der Waals surface area (Å²) in [7, 11) is 0. The predicted molar refractivity (Wildman–Crippen MR) is 129 cm³/mol. The molecule has 6 nitrogen and oxygen atoms in total. The largest absolute Gasteiger partial charge is 0.467 e. The van der Waals surface area contributed by atoms with Crippen LogP contribution in [0.1, 0.15) is 54.3 Å². The average Bonchev–Trinajstić information content (AvgIpc) is 3.39. The second-order valence-corrected chi connectivity index (χ2v) is 8.16. The molecule has 0 atom stereocenters. The molecule has 1 aromatic carbocycles. The van der Waals surface area contributed by atoms with E-state index in [0.29, 0.717) is 24.1 Å². The SMILES string of the molecule is CCNC(=NCc1cccc(C(=O)NCc2ccco2)c1)N1CCC2(CCC2)C1.I. The molecule has 1 aliphatic heterocycles. The van der Waals surface area contributed by atoms with Gasteiger partial charge >= 0.3 is 0 Å². The van der Waals surface area contributed by atoms with E-state index in [4.69, 9.17) is 9.41 Å². The Morgan fingerprint density at radius 1 is 1.20 bits per heavy atom. The van der Waals surface area contributed by atoms with Crippen molar-refractivity contribution < 1.29 is 9.21 Å². The van der Waals surface area contributed by atoms with Gasteiger partial charge in [-0.05, 0) is 61.4 Å². The van der Waals surface area contributed by atoms with Crippen LogP contribution in [0.3, 0.4) is 0 Å². The number of benzene rings is 1. The van der Waals surface area contributed by atoms with Crippen LogP contribution >= 0.6 is 24.0 Å². The van der Waals surface area contributed by atoms with Crippen molar-refractivity contribution >= 4 is 35.8 Å². The number of carbonyl (C=O) groups is 1. The molecule has 1 aromatic heterocycles. The minimum Gasteiger partial charge on any atom is -0.467 e. The lowest BCUT2D eigenvalue weighted by Gasteiger charge is -2.38. The fourth-order valence-corrected chi connectivity index (χ4v) is 4.29. The molecule has 0 unspecified atom stereocenters. The first-order chi connectivity index (χ1) is 14.2. The summed E-state index contributed by atoms with van der Waals surface area (Å²) in [5, 5.41) is 6.33. The number of rotatable bonds is 6. The molecule has 1 saturated heterocycles. The predicted octanol–water partition coefficient (Wildman–Crippen LogP) is 4.17. The van der Waals surface area contributed by atoms with Gasteiger partial charge in [0.2, 0.25) is 0 Å². The Bertz CT molecular complexity index is 862. The molecule has 2 aromatic rings. The number of guanidine groups is 1. The van der Waals surface area contributed by atoms with E-state index in [0.717, 1.165) is 36.9 Å². The minimum atomic E-state index is -0.106. The topological polar surface area (TPSA) is 69.9 Å². The molecule has 30 heavy (non-hydrogen) atoms. The molecule has 1 saturated carbocycles. The van der Waals surface area contributed by atoms with Crippen molar-refractivity contribution in [2.24, 2.45) is 10.4 Å². The van der Waals surface area contributed by atoms with Crippen LogP contribution in [0.4, 0.5) is 0 Å². The normalized spacial score (nSPS) is 17.4. The van der Waals surface area contributed by atoms with Crippen molar-refractivity contribution in [1.29, 1.82) is 0 Å². The Balaban J connectivity index is 0.00000256. The summed E-state index contributed by atoms with van der Waals surface area (Å²) in [5.74, 6) is 1.62. The van der Waals surface area contributed by atoms with Gasteiger partial charge in [-0.25, -0.2) is 4.99 Å². The lowest BCUT2D eigenvalue weighted by atomic mass is 9.68. The quantitative estimate of drug-likeness (QED) is 0.340. The van der Waals surface area contributed by atoms with Crippen LogP contribution in [-0.2, 0) is 13.1 Å². The van der Waals surface area contributed by atoms with Crippen molar-refractivity contribution in [3.8, 4) is 0 Å². The van der Waals surface area contributed by atoms with Crippen molar-refractivity contribution in [3.05, 3.63) is 59.5 Å². The summed E-state index contributed by atoms with van der Waals surface area (Å²) >= 11 is 0. The van der Waals surface area contributed by atoms with E-state index in [1.54, 1.807) is 6.26 Å². The van der Waals surface area contributed by atoms with E-state index in [9.17, 15) is 4.79 Å². The zero-order valence-electron chi connectivity index (χ0n) is 17.5.